The van der Waals surface area contributed by atoms with Gasteiger partial charge in [-0.25, -0.2) is 4.79 Å². The molecular formula is C29H31NO3. The number of aliphatic hydroxyl groups is 1. The summed E-state index contributed by atoms with van der Waals surface area (Å²) in [7, 11) is 0. The maximum absolute atomic E-state index is 13.3. The number of carbonyl (C=O) groups is 1. The number of esters is 1. The maximum Gasteiger partial charge on any atom is 0.359 e. The molecule has 0 aliphatic carbocycles. The molecule has 1 unspecified atom stereocenters. The summed E-state index contributed by atoms with van der Waals surface area (Å²) in [5.41, 5.74) is 2.96. The molecule has 0 spiro atoms. The van der Waals surface area contributed by atoms with E-state index in [1.165, 1.54) is 0 Å². The van der Waals surface area contributed by atoms with Crippen LogP contribution in [0.5, 0.6) is 0 Å². The van der Waals surface area contributed by atoms with Gasteiger partial charge in [0.25, 0.3) is 0 Å². The number of hydrogen-bond acceptors (Lipinski definition) is 4. The Morgan fingerprint density at radius 3 is 2.15 bits per heavy atom. The van der Waals surface area contributed by atoms with Crippen LogP contribution in [0.1, 0.15) is 50.3 Å². The lowest BCUT2D eigenvalue weighted by Gasteiger charge is -2.38. The van der Waals surface area contributed by atoms with Crippen LogP contribution in [-0.4, -0.2) is 11.1 Å². The lowest BCUT2D eigenvalue weighted by atomic mass is 9.82. The Morgan fingerprint density at radius 2 is 1.52 bits per heavy atom. The molecule has 1 aliphatic rings. The van der Waals surface area contributed by atoms with Crippen molar-refractivity contribution in [3.05, 3.63) is 113 Å². The summed E-state index contributed by atoms with van der Waals surface area (Å²) in [4.78, 5) is 13.3. The van der Waals surface area contributed by atoms with Crippen molar-refractivity contribution < 1.29 is 14.6 Å². The molecule has 4 nitrogen and oxygen atoms in total. The molecule has 3 aromatic carbocycles. The van der Waals surface area contributed by atoms with Crippen LogP contribution in [0.15, 0.2) is 96.4 Å². The highest BCUT2D eigenvalue weighted by Gasteiger charge is 2.43. The smallest absolute Gasteiger partial charge is 0.359 e. The fraction of sp³-hybridized carbons (Fsp3) is 0.276. The van der Waals surface area contributed by atoms with Gasteiger partial charge in [0.1, 0.15) is 11.4 Å². The van der Waals surface area contributed by atoms with Crippen molar-refractivity contribution in [2.24, 2.45) is 0 Å². The monoisotopic (exact) mass is 441 g/mol. The van der Waals surface area contributed by atoms with Gasteiger partial charge in [-0.15, -0.1) is 0 Å². The number of hydrogen-bond donors (Lipinski definition) is 2. The van der Waals surface area contributed by atoms with Crippen LogP contribution < -0.4 is 5.32 Å². The Morgan fingerprint density at radius 1 is 0.909 bits per heavy atom. The first kappa shape index (κ1) is 22.7. The van der Waals surface area contributed by atoms with Crippen LogP contribution in [0.3, 0.4) is 0 Å². The van der Waals surface area contributed by atoms with E-state index in [0.717, 1.165) is 28.8 Å². The summed E-state index contributed by atoms with van der Waals surface area (Å²) < 4.78 is 6.14. The van der Waals surface area contributed by atoms with Crippen molar-refractivity contribution in [2.45, 2.75) is 51.0 Å². The Labute approximate surface area is 195 Å². The fourth-order valence-electron chi connectivity index (χ4n) is 4.42. The number of cyclic esters (lactones) is 1. The third kappa shape index (κ3) is 4.95. The highest BCUT2D eigenvalue weighted by Crippen LogP contribution is 2.42. The van der Waals surface area contributed by atoms with Gasteiger partial charge in [0.2, 0.25) is 0 Å². The number of ether oxygens (including phenoxy) is 1. The van der Waals surface area contributed by atoms with E-state index in [1.54, 1.807) is 0 Å². The molecule has 0 radical (unpaired) electrons. The number of carbonyl (C=O) groups excluding carboxylic acids is 1. The van der Waals surface area contributed by atoms with Crippen LogP contribution in [0.4, 0.5) is 5.69 Å². The molecule has 0 amide bonds. The van der Waals surface area contributed by atoms with Gasteiger partial charge in [0, 0.05) is 5.69 Å². The molecule has 33 heavy (non-hydrogen) atoms. The van der Waals surface area contributed by atoms with Crippen LogP contribution in [0, 0.1) is 0 Å². The second kappa shape index (κ2) is 9.14. The molecule has 4 rings (SSSR count). The van der Waals surface area contributed by atoms with E-state index in [0.29, 0.717) is 6.42 Å². The number of nitrogens with one attached hydrogen (secondary N) is 1. The number of aliphatic hydroxyl groups excluding tert-OH is 1. The molecular weight excluding hydrogens is 410 g/mol. The minimum absolute atomic E-state index is 0.0203. The molecule has 0 saturated carbocycles. The summed E-state index contributed by atoms with van der Waals surface area (Å²) in [6.45, 7) is 6.35. The first-order valence-corrected chi connectivity index (χ1v) is 11.4. The van der Waals surface area contributed by atoms with E-state index in [2.05, 4.69) is 38.2 Å². The van der Waals surface area contributed by atoms with E-state index in [-0.39, 0.29) is 23.3 Å². The van der Waals surface area contributed by atoms with Crippen LogP contribution >= 0.6 is 0 Å². The van der Waals surface area contributed by atoms with Crippen molar-refractivity contribution >= 4 is 11.7 Å². The SMILES string of the molecule is CC(C)(C)c1ccccc1NC1=C(O)CC(CCc2ccccc2)(c2ccccc2)OC1=O. The zero-order valence-corrected chi connectivity index (χ0v) is 19.5. The zero-order valence-electron chi connectivity index (χ0n) is 19.5. The maximum atomic E-state index is 13.3. The predicted molar refractivity (Wildman–Crippen MR) is 132 cm³/mol. The van der Waals surface area contributed by atoms with Gasteiger partial charge in [-0.3, -0.25) is 0 Å². The predicted octanol–water partition coefficient (Wildman–Crippen LogP) is 6.64. The lowest BCUT2D eigenvalue weighted by Crippen LogP contribution is -2.40. The summed E-state index contributed by atoms with van der Waals surface area (Å²) in [5.74, 6) is -0.522. The second-order valence-electron chi connectivity index (χ2n) is 9.65. The largest absolute Gasteiger partial charge is 0.510 e. The molecule has 170 valence electrons. The molecule has 0 saturated heterocycles. The topological polar surface area (TPSA) is 58.6 Å². The van der Waals surface area contributed by atoms with Gasteiger partial charge in [-0.2, -0.15) is 0 Å². The fourth-order valence-corrected chi connectivity index (χ4v) is 4.42. The standard InChI is InChI=1S/C29H31NO3/c1-28(2,3)23-16-10-11-17-24(23)30-26-25(31)20-29(33-27(26)32,22-14-8-5-9-15-22)19-18-21-12-6-4-7-13-21/h4-17,30-31H,18-20H2,1-3H3. The van der Waals surface area contributed by atoms with E-state index in [9.17, 15) is 9.90 Å². The quantitative estimate of drug-likeness (QED) is 0.421. The highest BCUT2D eigenvalue weighted by molar-refractivity contribution is 5.94. The third-order valence-electron chi connectivity index (χ3n) is 6.19. The highest BCUT2D eigenvalue weighted by atomic mass is 16.6. The Kier molecular flexibility index (Phi) is 6.28. The Balaban J connectivity index is 1.67. The Hall–Kier alpha value is -3.53. The van der Waals surface area contributed by atoms with Gasteiger partial charge in [0.15, 0.2) is 5.70 Å². The van der Waals surface area contributed by atoms with Gasteiger partial charge in [0.05, 0.1) is 6.42 Å². The average Bonchev–Trinajstić information content (AvgIpc) is 2.81. The number of aryl methyl sites for hydroxylation is 1. The van der Waals surface area contributed by atoms with Crippen LogP contribution in [-0.2, 0) is 27.0 Å². The molecule has 1 heterocycles. The minimum atomic E-state index is -0.924. The average molecular weight is 442 g/mol. The van der Waals surface area contributed by atoms with Gasteiger partial charge in [-0.1, -0.05) is 99.6 Å². The summed E-state index contributed by atoms with van der Waals surface area (Å²) in [6.07, 6.45) is 1.52. The summed E-state index contributed by atoms with van der Waals surface area (Å²) >= 11 is 0. The second-order valence-corrected chi connectivity index (χ2v) is 9.65. The molecule has 1 aliphatic heterocycles. The van der Waals surface area contributed by atoms with Crippen molar-refractivity contribution in [1.82, 2.24) is 0 Å². The van der Waals surface area contributed by atoms with Crippen molar-refractivity contribution in [2.75, 3.05) is 5.32 Å². The Bertz CT molecular complexity index is 1150. The molecule has 2 N–H and O–H groups in total. The van der Waals surface area contributed by atoms with E-state index >= 15 is 0 Å². The van der Waals surface area contributed by atoms with Crippen LogP contribution in [0.25, 0.3) is 0 Å². The molecule has 3 aromatic rings. The van der Waals surface area contributed by atoms with Crippen molar-refractivity contribution in [1.29, 1.82) is 0 Å². The van der Waals surface area contributed by atoms with Gasteiger partial charge >= 0.3 is 5.97 Å². The van der Waals surface area contributed by atoms with E-state index in [4.69, 9.17) is 4.74 Å². The molecule has 1 atom stereocenters. The summed E-state index contributed by atoms with van der Waals surface area (Å²) in [5, 5.41) is 14.3. The molecule has 0 bridgehead atoms. The lowest BCUT2D eigenvalue weighted by molar-refractivity contribution is -0.161. The molecule has 0 aromatic heterocycles. The van der Waals surface area contributed by atoms with Crippen molar-refractivity contribution in [3.63, 3.8) is 0 Å². The molecule has 0 fully saturated rings. The minimum Gasteiger partial charge on any atom is -0.510 e. The first-order valence-electron chi connectivity index (χ1n) is 11.4. The van der Waals surface area contributed by atoms with Gasteiger partial charge < -0.3 is 15.2 Å². The normalized spacial score (nSPS) is 18.7. The third-order valence-corrected chi connectivity index (χ3v) is 6.19. The van der Waals surface area contributed by atoms with E-state index in [1.807, 2.05) is 72.8 Å². The summed E-state index contributed by atoms with van der Waals surface area (Å²) in [6, 6.07) is 27.7. The van der Waals surface area contributed by atoms with E-state index < -0.39 is 11.6 Å². The van der Waals surface area contributed by atoms with Gasteiger partial charge in [-0.05, 0) is 41.0 Å². The first-order chi connectivity index (χ1) is 15.8. The number of para-hydroxylation sites is 1. The molecule has 4 heteroatoms. The number of rotatable bonds is 6. The number of anilines is 1. The van der Waals surface area contributed by atoms with Crippen molar-refractivity contribution in [3.8, 4) is 0 Å². The zero-order chi connectivity index (χ0) is 23.5. The van der Waals surface area contributed by atoms with Crippen LogP contribution in [0.2, 0.25) is 0 Å². The number of benzene rings is 3.